The Balaban J connectivity index is 1.56. The monoisotopic (exact) mass is 400 g/mol. The molecule has 3 rings (SSSR count). The molecule has 0 aromatic rings. The molecular formula is C18H32N4O4S. The number of likely N-dealkylation sites (N-methyl/N-ethyl adjacent to an activating group) is 1. The van der Waals surface area contributed by atoms with Gasteiger partial charge in [0.1, 0.15) is 0 Å². The fraction of sp³-hybridized carbons (Fsp3) is 0.889. The summed E-state index contributed by atoms with van der Waals surface area (Å²) in [5, 5.41) is 2.64. The first-order valence-electron chi connectivity index (χ1n) is 10.0. The molecule has 0 aromatic carbocycles. The van der Waals surface area contributed by atoms with Crippen molar-refractivity contribution in [3.63, 3.8) is 0 Å². The van der Waals surface area contributed by atoms with Crippen LogP contribution in [0.1, 0.15) is 32.1 Å². The van der Waals surface area contributed by atoms with Crippen molar-refractivity contribution in [3.8, 4) is 0 Å². The van der Waals surface area contributed by atoms with E-state index in [1.165, 1.54) is 0 Å². The first-order valence-corrected chi connectivity index (χ1v) is 11.9. The van der Waals surface area contributed by atoms with Crippen LogP contribution in [0.4, 0.5) is 0 Å². The lowest BCUT2D eigenvalue weighted by Crippen LogP contribution is -2.54. The van der Waals surface area contributed by atoms with E-state index in [0.29, 0.717) is 19.5 Å². The van der Waals surface area contributed by atoms with E-state index >= 15 is 0 Å². The van der Waals surface area contributed by atoms with Crippen LogP contribution in [0.3, 0.4) is 0 Å². The SMILES string of the molecule is CNC(=O)CN1CCN(CC(=O)N(C2CCCC2)[C@@H]2CCS(=O)(=O)C2)CC1. The summed E-state index contributed by atoms with van der Waals surface area (Å²) in [6.07, 6.45) is 4.78. The number of nitrogens with one attached hydrogen (secondary N) is 1. The quantitative estimate of drug-likeness (QED) is 0.635. The third-order valence-electron chi connectivity index (χ3n) is 6.08. The molecule has 1 aliphatic carbocycles. The molecule has 1 saturated carbocycles. The summed E-state index contributed by atoms with van der Waals surface area (Å²) < 4.78 is 23.9. The van der Waals surface area contributed by atoms with Gasteiger partial charge in [-0.3, -0.25) is 19.4 Å². The zero-order chi connectivity index (χ0) is 19.4. The van der Waals surface area contributed by atoms with Crippen LogP contribution in [0.2, 0.25) is 0 Å². The molecule has 2 saturated heterocycles. The van der Waals surface area contributed by atoms with Crippen molar-refractivity contribution >= 4 is 21.7 Å². The van der Waals surface area contributed by atoms with Gasteiger partial charge in [0, 0.05) is 45.3 Å². The summed E-state index contributed by atoms with van der Waals surface area (Å²) in [5.41, 5.74) is 0. The van der Waals surface area contributed by atoms with Crippen molar-refractivity contribution in [2.24, 2.45) is 0 Å². The van der Waals surface area contributed by atoms with Gasteiger partial charge in [-0.25, -0.2) is 8.42 Å². The highest BCUT2D eigenvalue weighted by Gasteiger charge is 2.39. The second kappa shape index (κ2) is 8.87. The number of hydrogen-bond donors (Lipinski definition) is 1. The third kappa shape index (κ3) is 5.42. The highest BCUT2D eigenvalue weighted by atomic mass is 32.2. The Morgan fingerprint density at radius 1 is 0.963 bits per heavy atom. The van der Waals surface area contributed by atoms with E-state index in [9.17, 15) is 18.0 Å². The number of rotatable bonds is 6. The summed E-state index contributed by atoms with van der Waals surface area (Å²) in [6.45, 7) is 3.78. The Morgan fingerprint density at radius 3 is 2.07 bits per heavy atom. The van der Waals surface area contributed by atoms with Crippen LogP contribution in [0, 0.1) is 0 Å². The smallest absolute Gasteiger partial charge is 0.237 e. The van der Waals surface area contributed by atoms with Crippen LogP contribution < -0.4 is 5.32 Å². The molecule has 154 valence electrons. The van der Waals surface area contributed by atoms with Crippen LogP contribution in [0.15, 0.2) is 0 Å². The Kier molecular flexibility index (Phi) is 6.75. The van der Waals surface area contributed by atoms with E-state index < -0.39 is 9.84 Å². The van der Waals surface area contributed by atoms with Crippen molar-refractivity contribution in [1.29, 1.82) is 0 Å². The van der Waals surface area contributed by atoms with E-state index in [-0.39, 0.29) is 35.4 Å². The van der Waals surface area contributed by atoms with Gasteiger partial charge in [0.05, 0.1) is 24.6 Å². The lowest BCUT2D eigenvalue weighted by molar-refractivity contribution is -0.137. The standard InChI is InChI=1S/C18H32N4O4S/c1-19-17(23)12-20-7-9-21(10-8-20)13-18(24)22(15-4-2-3-5-15)16-6-11-27(25,26)14-16/h15-16H,2-14H2,1H3,(H,19,23)/t16-/m1/s1. The molecule has 1 atom stereocenters. The number of piperazine rings is 1. The summed E-state index contributed by atoms with van der Waals surface area (Å²) >= 11 is 0. The van der Waals surface area contributed by atoms with Gasteiger partial charge in [0.2, 0.25) is 11.8 Å². The van der Waals surface area contributed by atoms with Gasteiger partial charge in [0.15, 0.2) is 9.84 Å². The maximum absolute atomic E-state index is 13.1. The molecule has 2 heterocycles. The molecular weight excluding hydrogens is 368 g/mol. The number of carbonyl (C=O) groups excluding carboxylic acids is 2. The van der Waals surface area contributed by atoms with Crippen molar-refractivity contribution in [1.82, 2.24) is 20.0 Å². The second-order valence-electron chi connectivity index (χ2n) is 8.02. The summed E-state index contributed by atoms with van der Waals surface area (Å²) in [7, 11) is -1.37. The van der Waals surface area contributed by atoms with Crippen LogP contribution in [-0.2, 0) is 19.4 Å². The number of hydrogen-bond acceptors (Lipinski definition) is 6. The van der Waals surface area contributed by atoms with Crippen LogP contribution in [-0.4, -0.2) is 105 Å². The van der Waals surface area contributed by atoms with Crippen LogP contribution >= 0.6 is 0 Å². The van der Waals surface area contributed by atoms with E-state index in [1.807, 2.05) is 4.90 Å². The predicted octanol–water partition coefficient (Wildman–Crippen LogP) is -0.692. The number of amides is 2. The van der Waals surface area contributed by atoms with E-state index in [0.717, 1.165) is 51.9 Å². The zero-order valence-corrected chi connectivity index (χ0v) is 17.0. The first-order chi connectivity index (χ1) is 12.9. The fourth-order valence-electron chi connectivity index (χ4n) is 4.54. The Bertz CT molecular complexity index is 640. The maximum Gasteiger partial charge on any atom is 0.237 e. The molecule has 0 bridgehead atoms. The minimum atomic E-state index is -3.01. The molecule has 8 nitrogen and oxygen atoms in total. The van der Waals surface area contributed by atoms with E-state index in [2.05, 4.69) is 15.1 Å². The highest BCUT2D eigenvalue weighted by molar-refractivity contribution is 7.91. The first kappa shape index (κ1) is 20.5. The number of nitrogens with zero attached hydrogens (tertiary/aromatic N) is 3. The third-order valence-corrected chi connectivity index (χ3v) is 7.83. The van der Waals surface area contributed by atoms with Crippen molar-refractivity contribution < 1.29 is 18.0 Å². The van der Waals surface area contributed by atoms with E-state index in [1.54, 1.807) is 7.05 Å². The molecule has 3 fully saturated rings. The molecule has 0 aromatic heterocycles. The van der Waals surface area contributed by atoms with Crippen molar-refractivity contribution in [2.45, 2.75) is 44.2 Å². The molecule has 27 heavy (non-hydrogen) atoms. The minimum Gasteiger partial charge on any atom is -0.358 e. The molecule has 0 radical (unpaired) electrons. The molecule has 1 N–H and O–H groups in total. The van der Waals surface area contributed by atoms with Crippen molar-refractivity contribution in [3.05, 3.63) is 0 Å². The number of carbonyl (C=O) groups is 2. The van der Waals surface area contributed by atoms with Gasteiger partial charge in [-0.05, 0) is 19.3 Å². The number of sulfone groups is 1. The molecule has 0 spiro atoms. The lowest BCUT2D eigenvalue weighted by Gasteiger charge is -2.38. The molecule has 3 aliphatic rings. The minimum absolute atomic E-state index is 0.00868. The van der Waals surface area contributed by atoms with Crippen LogP contribution in [0.5, 0.6) is 0 Å². The Labute approximate surface area is 162 Å². The van der Waals surface area contributed by atoms with Gasteiger partial charge in [-0.2, -0.15) is 0 Å². The molecule has 2 aliphatic heterocycles. The van der Waals surface area contributed by atoms with Gasteiger partial charge in [-0.1, -0.05) is 12.8 Å². The van der Waals surface area contributed by atoms with E-state index in [4.69, 9.17) is 0 Å². The van der Waals surface area contributed by atoms with Gasteiger partial charge >= 0.3 is 0 Å². The lowest BCUT2D eigenvalue weighted by atomic mass is 10.1. The molecule has 9 heteroatoms. The van der Waals surface area contributed by atoms with Gasteiger partial charge in [0.25, 0.3) is 0 Å². The molecule has 0 unspecified atom stereocenters. The average molecular weight is 401 g/mol. The predicted molar refractivity (Wildman–Crippen MR) is 103 cm³/mol. The van der Waals surface area contributed by atoms with Crippen molar-refractivity contribution in [2.75, 3.05) is 57.8 Å². The zero-order valence-electron chi connectivity index (χ0n) is 16.2. The topological polar surface area (TPSA) is 90.0 Å². The normalized spacial score (nSPS) is 26.9. The van der Waals surface area contributed by atoms with Gasteiger partial charge in [-0.15, -0.1) is 0 Å². The summed E-state index contributed by atoms with van der Waals surface area (Å²) in [6, 6.07) is 0.0467. The second-order valence-corrected chi connectivity index (χ2v) is 10.3. The van der Waals surface area contributed by atoms with Crippen LogP contribution in [0.25, 0.3) is 0 Å². The maximum atomic E-state index is 13.1. The highest BCUT2D eigenvalue weighted by Crippen LogP contribution is 2.29. The average Bonchev–Trinajstić information content (AvgIpc) is 3.27. The fourth-order valence-corrected chi connectivity index (χ4v) is 6.25. The molecule has 2 amide bonds. The Morgan fingerprint density at radius 2 is 1.56 bits per heavy atom. The Hall–Kier alpha value is -1.19. The largest absolute Gasteiger partial charge is 0.358 e. The summed E-state index contributed by atoms with van der Waals surface area (Å²) in [4.78, 5) is 30.8. The van der Waals surface area contributed by atoms with Gasteiger partial charge < -0.3 is 10.2 Å². The summed E-state index contributed by atoms with van der Waals surface area (Å²) in [5.74, 6) is 0.403.